The van der Waals surface area contributed by atoms with Crippen molar-refractivity contribution in [3.8, 4) is 21.1 Å². The number of hydrogen-bond donors (Lipinski definition) is 0. The van der Waals surface area contributed by atoms with Gasteiger partial charge in [-0.05, 0) is 37.1 Å². The van der Waals surface area contributed by atoms with Crippen LogP contribution in [0.25, 0.3) is 41.8 Å². The predicted octanol–water partition coefficient (Wildman–Crippen LogP) is 8.75. The maximum atomic E-state index is 5.84. The molecule has 190 valence electrons. The van der Waals surface area contributed by atoms with Gasteiger partial charge in [-0.2, -0.15) is 0 Å². The fourth-order valence-corrected chi connectivity index (χ4v) is 6.57. The van der Waals surface area contributed by atoms with E-state index in [2.05, 4.69) is 51.3 Å². The van der Waals surface area contributed by atoms with Gasteiger partial charge in [0.05, 0.1) is 0 Å². The van der Waals surface area contributed by atoms with Crippen molar-refractivity contribution in [2.24, 2.45) is 0 Å². The molecule has 5 heterocycles. The van der Waals surface area contributed by atoms with Crippen LogP contribution in [-0.4, -0.2) is 33.0 Å². The van der Waals surface area contributed by atoms with Gasteiger partial charge in [0.15, 0.2) is 0 Å². The van der Waals surface area contributed by atoms with E-state index in [4.69, 9.17) is 21.6 Å². The molecule has 4 aromatic heterocycles. The first kappa shape index (κ1) is 24.9. The Morgan fingerprint density at radius 1 is 0.553 bits per heavy atom. The van der Waals surface area contributed by atoms with E-state index >= 15 is 0 Å². The molecule has 0 saturated carbocycles. The van der Waals surface area contributed by atoms with Crippen molar-refractivity contribution < 1.29 is 0 Å². The van der Waals surface area contributed by atoms with Gasteiger partial charge in [-0.15, -0.1) is 0 Å². The molecule has 2 aromatic carbocycles. The van der Waals surface area contributed by atoms with Crippen LogP contribution in [-0.2, 0) is 0 Å². The Morgan fingerprint density at radius 2 is 1.08 bits per heavy atom. The van der Waals surface area contributed by atoms with E-state index in [1.807, 2.05) is 42.5 Å². The molecule has 0 atom stereocenters. The number of nitrogens with zero attached hydrogens (tertiary/aromatic N) is 5. The number of benzene rings is 2. The molecule has 0 unspecified atom stereocenters. The predicted molar refractivity (Wildman–Crippen MR) is 161 cm³/mol. The third kappa shape index (κ3) is 5.70. The third-order valence-corrected chi connectivity index (χ3v) is 8.67. The molecule has 6 aromatic rings. The molecule has 0 radical (unpaired) electrons. The minimum absolute atomic E-state index is 0.510. The van der Waals surface area contributed by atoms with E-state index < -0.39 is 0 Å². The first-order chi connectivity index (χ1) is 18.7. The highest BCUT2D eigenvalue weighted by Gasteiger charge is 2.14. The minimum Gasteiger partial charge on any atom is -0.357 e. The summed E-state index contributed by atoms with van der Waals surface area (Å²) in [4.78, 5) is 22.7. The summed E-state index contributed by atoms with van der Waals surface area (Å²) in [6, 6.07) is 28.3. The SMILES string of the molecule is Clc1ccc2nc(-c3ccccc3)sc2n1.c1ccc(-c2nc3ccc(N4CCCCCC4)nc3s2)cc1. The van der Waals surface area contributed by atoms with Crippen LogP contribution in [0.4, 0.5) is 5.82 Å². The highest BCUT2D eigenvalue weighted by Crippen LogP contribution is 2.31. The van der Waals surface area contributed by atoms with Gasteiger partial charge in [-0.25, -0.2) is 19.9 Å². The summed E-state index contributed by atoms with van der Waals surface area (Å²) < 4.78 is 0. The standard InChI is InChI=1S/C18H19N3S.C12H7ClN2S/c1-2-7-13-21(12-6-1)16-11-10-15-18(20-16)22-17(19-15)14-8-4-3-5-9-14;13-10-7-6-9-12(15-10)16-11(14-9)8-4-2-1-3-5-8/h3-5,8-11H,1-2,6-7,12-13H2;1-7H. The number of aromatic nitrogens is 4. The lowest BCUT2D eigenvalue weighted by Gasteiger charge is -2.20. The summed E-state index contributed by atoms with van der Waals surface area (Å²) in [5.41, 5.74) is 4.18. The van der Waals surface area contributed by atoms with E-state index in [-0.39, 0.29) is 0 Å². The minimum atomic E-state index is 0.510. The molecular weight excluding hydrogens is 530 g/mol. The quantitative estimate of drug-likeness (QED) is 0.204. The molecule has 0 aliphatic carbocycles. The fraction of sp³-hybridized carbons (Fsp3) is 0.200. The lowest BCUT2D eigenvalue weighted by molar-refractivity contribution is 0.726. The van der Waals surface area contributed by atoms with Crippen LogP contribution in [0, 0.1) is 0 Å². The Bertz CT molecular complexity index is 1640. The van der Waals surface area contributed by atoms with Gasteiger partial charge in [-0.1, -0.05) is 108 Å². The monoisotopic (exact) mass is 555 g/mol. The van der Waals surface area contributed by atoms with Gasteiger partial charge in [0.25, 0.3) is 0 Å². The Morgan fingerprint density at radius 3 is 1.66 bits per heavy atom. The highest BCUT2D eigenvalue weighted by atomic mass is 35.5. The van der Waals surface area contributed by atoms with Crippen LogP contribution in [0.1, 0.15) is 25.7 Å². The molecule has 8 heteroatoms. The van der Waals surface area contributed by atoms with Crippen molar-refractivity contribution in [1.29, 1.82) is 0 Å². The van der Waals surface area contributed by atoms with Crippen LogP contribution in [0.2, 0.25) is 5.15 Å². The van der Waals surface area contributed by atoms with Crippen molar-refractivity contribution in [3.05, 3.63) is 90.1 Å². The maximum absolute atomic E-state index is 5.84. The molecule has 38 heavy (non-hydrogen) atoms. The Hall–Kier alpha value is -3.39. The van der Waals surface area contributed by atoms with Crippen molar-refractivity contribution >= 4 is 60.8 Å². The molecule has 1 fully saturated rings. The number of thiazole rings is 2. The van der Waals surface area contributed by atoms with E-state index in [1.54, 1.807) is 28.7 Å². The van der Waals surface area contributed by atoms with Gasteiger partial charge >= 0.3 is 0 Å². The van der Waals surface area contributed by atoms with Crippen molar-refractivity contribution in [1.82, 2.24) is 19.9 Å². The van der Waals surface area contributed by atoms with Crippen molar-refractivity contribution in [3.63, 3.8) is 0 Å². The number of pyridine rings is 2. The summed E-state index contributed by atoms with van der Waals surface area (Å²) in [5.74, 6) is 1.11. The first-order valence-corrected chi connectivity index (χ1v) is 14.8. The van der Waals surface area contributed by atoms with Gasteiger partial charge in [-0.3, -0.25) is 0 Å². The maximum Gasteiger partial charge on any atom is 0.146 e. The molecule has 1 aliphatic heterocycles. The molecule has 0 amide bonds. The second-order valence-corrected chi connectivity index (χ2v) is 11.5. The smallest absolute Gasteiger partial charge is 0.146 e. The largest absolute Gasteiger partial charge is 0.357 e. The molecule has 1 saturated heterocycles. The number of fused-ring (bicyclic) bond motifs is 2. The first-order valence-electron chi connectivity index (χ1n) is 12.8. The molecule has 0 spiro atoms. The summed E-state index contributed by atoms with van der Waals surface area (Å²) in [6.45, 7) is 2.26. The average Bonchev–Trinajstić information content (AvgIpc) is 3.49. The van der Waals surface area contributed by atoms with Crippen LogP contribution in [0.3, 0.4) is 0 Å². The molecule has 7 rings (SSSR count). The van der Waals surface area contributed by atoms with Gasteiger partial charge < -0.3 is 4.90 Å². The summed E-state index contributed by atoms with van der Waals surface area (Å²) in [5, 5.41) is 2.54. The van der Waals surface area contributed by atoms with Crippen LogP contribution < -0.4 is 4.90 Å². The number of anilines is 1. The van der Waals surface area contributed by atoms with Gasteiger partial charge in [0.1, 0.15) is 41.7 Å². The summed E-state index contributed by atoms with van der Waals surface area (Å²) in [6.07, 6.45) is 5.24. The van der Waals surface area contributed by atoms with E-state index in [1.165, 1.54) is 31.2 Å². The second kappa shape index (κ2) is 11.6. The summed E-state index contributed by atoms with van der Waals surface area (Å²) >= 11 is 9.08. The van der Waals surface area contributed by atoms with Crippen molar-refractivity contribution in [2.75, 3.05) is 18.0 Å². The average molecular weight is 556 g/mol. The number of halogens is 1. The fourth-order valence-electron chi connectivity index (χ4n) is 4.49. The zero-order valence-electron chi connectivity index (χ0n) is 20.8. The van der Waals surface area contributed by atoms with Crippen LogP contribution >= 0.6 is 34.3 Å². The van der Waals surface area contributed by atoms with E-state index in [0.29, 0.717) is 5.15 Å². The number of rotatable bonds is 3. The van der Waals surface area contributed by atoms with E-state index in [9.17, 15) is 0 Å². The molecular formula is C30H26ClN5S2. The molecule has 0 N–H and O–H groups in total. The Labute approximate surface area is 234 Å². The molecule has 5 nitrogen and oxygen atoms in total. The highest BCUT2D eigenvalue weighted by molar-refractivity contribution is 7.21. The lowest BCUT2D eigenvalue weighted by Crippen LogP contribution is -2.24. The van der Waals surface area contributed by atoms with Crippen LogP contribution in [0.15, 0.2) is 84.9 Å². The normalized spacial score (nSPS) is 13.8. The topological polar surface area (TPSA) is 54.8 Å². The summed E-state index contributed by atoms with van der Waals surface area (Å²) in [7, 11) is 0. The van der Waals surface area contributed by atoms with E-state index in [0.717, 1.165) is 55.2 Å². The zero-order valence-corrected chi connectivity index (χ0v) is 23.1. The molecule has 0 bridgehead atoms. The van der Waals surface area contributed by atoms with Gasteiger partial charge in [0.2, 0.25) is 0 Å². The third-order valence-electron chi connectivity index (χ3n) is 6.43. The van der Waals surface area contributed by atoms with Crippen LogP contribution in [0.5, 0.6) is 0 Å². The Balaban J connectivity index is 0.000000146. The van der Waals surface area contributed by atoms with Crippen molar-refractivity contribution in [2.45, 2.75) is 25.7 Å². The molecule has 1 aliphatic rings. The Kier molecular flexibility index (Phi) is 7.58. The van der Waals surface area contributed by atoms with Gasteiger partial charge in [0, 0.05) is 24.2 Å². The number of hydrogen-bond acceptors (Lipinski definition) is 7. The second-order valence-electron chi connectivity index (χ2n) is 9.12. The lowest BCUT2D eigenvalue weighted by atomic mass is 10.2. The zero-order chi connectivity index (χ0) is 25.7.